The van der Waals surface area contributed by atoms with Gasteiger partial charge in [0.15, 0.2) is 0 Å². The minimum atomic E-state index is -6.56. The zero-order valence-corrected chi connectivity index (χ0v) is 30.8. The largest absolute Gasteiger partial charge is 2.00 e. The molecule has 18 nitrogen and oxygen atoms in total. The van der Waals surface area contributed by atoms with E-state index in [1.165, 1.54) is 0 Å². The second-order valence-electron chi connectivity index (χ2n) is 3.17. The molecule has 0 spiro atoms. The summed E-state index contributed by atoms with van der Waals surface area (Å²) in [5, 5.41) is 0. The molecule has 0 aromatic rings. The van der Waals surface area contributed by atoms with Crippen molar-refractivity contribution in [2.45, 2.75) is 0 Å². The molecule has 1 heterocycles. The van der Waals surface area contributed by atoms with Gasteiger partial charge < -0.3 is 33.6 Å². The second kappa shape index (κ2) is 17.7. The van der Waals surface area contributed by atoms with E-state index < -0.39 is 46.9 Å². The van der Waals surface area contributed by atoms with Crippen molar-refractivity contribution >= 4 is 116 Å². The third-order valence-electron chi connectivity index (χ3n) is 1.20. The molecule has 1 aliphatic heterocycles. The molecule has 0 unspecified atom stereocenters. The summed E-state index contributed by atoms with van der Waals surface area (Å²) < 4.78 is 83.4. The van der Waals surface area contributed by atoms with Crippen molar-refractivity contribution in [3.63, 3.8) is 0 Å². The van der Waals surface area contributed by atoms with Crippen LogP contribution in [-0.2, 0) is 53.3 Å². The Morgan fingerprint density at radius 1 is 0.367 bits per heavy atom. The Balaban J connectivity index is -0.0000000914. The third kappa shape index (κ3) is 21.2. The molecule has 30 heavy (non-hydrogen) atoms. The van der Waals surface area contributed by atoms with Crippen molar-refractivity contribution in [1.29, 1.82) is 0 Å². The molecule has 0 aromatic heterocycles. The van der Waals surface area contributed by atoms with Gasteiger partial charge in [-0.15, -0.1) is 0 Å². The van der Waals surface area contributed by atoms with Crippen LogP contribution >= 0.6 is 46.9 Å². The van der Waals surface area contributed by atoms with Crippen molar-refractivity contribution in [1.82, 2.24) is 0 Å². The molecule has 0 radical (unpaired) electrons. The summed E-state index contributed by atoms with van der Waals surface area (Å²) in [7, 11) is -39.3. The Bertz CT molecular complexity index is 617. The van der Waals surface area contributed by atoms with Crippen LogP contribution in [0.4, 0.5) is 0 Å². The van der Waals surface area contributed by atoms with E-state index in [-0.39, 0.29) is 162 Å². The molecule has 0 saturated carbocycles. The van der Waals surface area contributed by atoms with E-state index in [2.05, 4.69) is 25.9 Å². The molecule has 0 aliphatic carbocycles. The van der Waals surface area contributed by atoms with Crippen molar-refractivity contribution < 1.29 is 176 Å². The first-order valence-corrected chi connectivity index (χ1v) is 13.1. The van der Waals surface area contributed by atoms with Crippen molar-refractivity contribution in [3.05, 3.63) is 0 Å². The Kier molecular flexibility index (Phi) is 29.0. The summed E-state index contributed by atoms with van der Waals surface area (Å²) in [5.41, 5.74) is 0. The third-order valence-corrected chi connectivity index (χ3v) is 10.8. The first kappa shape index (κ1) is 49.2. The van der Waals surface area contributed by atoms with E-state index in [1.807, 2.05) is 0 Å². The smallest absolute Gasteiger partial charge is 1.00 e. The molecule has 0 atom stereocenters. The van der Waals surface area contributed by atoms with Crippen LogP contribution in [-0.4, -0.2) is 69.2 Å². The minimum Gasteiger partial charge on any atom is -1.00 e. The first-order valence-electron chi connectivity index (χ1n) is 4.38. The van der Waals surface area contributed by atoms with E-state index >= 15 is 0 Å². The fourth-order valence-electron chi connectivity index (χ4n) is 0.824. The van der Waals surface area contributed by atoms with E-state index in [0.717, 1.165) is 0 Å². The second-order valence-corrected chi connectivity index (χ2v) is 12.5. The van der Waals surface area contributed by atoms with Gasteiger partial charge in [0.1, 0.15) is 0 Å². The Morgan fingerprint density at radius 2 is 0.433 bits per heavy atom. The summed E-state index contributed by atoms with van der Waals surface area (Å²) in [6.45, 7) is 0. The van der Waals surface area contributed by atoms with Gasteiger partial charge >= 0.3 is 158 Å². The number of hydrogen-bond acceptors (Lipinski definition) is 18. The van der Waals surface area contributed by atoms with Crippen LogP contribution in [0.25, 0.3) is 0 Å². The molecule has 0 bridgehead atoms. The van der Waals surface area contributed by atoms with Crippen molar-refractivity contribution in [2.24, 2.45) is 0 Å². The minimum absolute atomic E-state index is 0. The van der Waals surface area contributed by atoms with Gasteiger partial charge in [0, 0.05) is 0 Å². The van der Waals surface area contributed by atoms with Gasteiger partial charge in [0.25, 0.3) is 46.9 Å². The van der Waals surface area contributed by atoms with Crippen LogP contribution in [0.2, 0.25) is 0 Å². The number of hydrogen-bond donors (Lipinski definition) is 0. The maximum absolute atomic E-state index is 11.0. The Hall–Kier alpha value is 6.20. The predicted octanol–water partition coefficient (Wildman–Crippen LogP) is -12.9. The van der Waals surface area contributed by atoms with Gasteiger partial charge in [-0.05, 0) is 0 Å². The van der Waals surface area contributed by atoms with Crippen LogP contribution in [0.1, 0.15) is 4.28 Å². The van der Waals surface area contributed by atoms with Gasteiger partial charge in [0.05, 0.1) is 0 Å². The van der Waals surface area contributed by atoms with Gasteiger partial charge in [-0.3, -0.25) is 27.4 Å². The number of phosphoric acid groups is 6. The maximum Gasteiger partial charge on any atom is 2.00 e. The molecule has 150 valence electrons. The van der Waals surface area contributed by atoms with Crippen molar-refractivity contribution in [2.75, 3.05) is 0 Å². The summed E-state index contributed by atoms with van der Waals surface area (Å²) in [5.74, 6) is 0. The van der Waals surface area contributed by atoms with Crippen LogP contribution in [0.15, 0.2) is 0 Å². The zero-order chi connectivity index (χ0) is 19.2. The van der Waals surface area contributed by atoms with Crippen LogP contribution in [0.5, 0.6) is 0 Å². The van der Waals surface area contributed by atoms with E-state index in [1.54, 1.807) is 0 Å². The number of rotatable bonds is 0. The van der Waals surface area contributed by atoms with Crippen LogP contribution in [0.3, 0.4) is 0 Å². The Labute approximate surface area is 287 Å². The molecule has 1 aliphatic rings. The molecule has 0 amide bonds. The summed E-state index contributed by atoms with van der Waals surface area (Å²) in [4.78, 5) is 65.8. The Morgan fingerprint density at radius 3 is 0.500 bits per heavy atom. The molecule has 1 rings (SSSR count). The van der Waals surface area contributed by atoms with Gasteiger partial charge in [-0.2, -0.15) is 0 Å². The monoisotopic (exact) mass is 618 g/mol. The normalized spacial score (nSPS) is 44.2. The predicted molar refractivity (Wildman–Crippen MR) is 72.7 cm³/mol. The first-order chi connectivity index (χ1) is 10.2. The molecule has 0 N–H and O–H groups in total. The van der Waals surface area contributed by atoms with Gasteiger partial charge in [-0.1, -0.05) is 0 Å². The average Bonchev–Trinajstić information content (AvgIpc) is 1.98. The fourth-order valence-corrected chi connectivity index (χ4v) is 9.03. The SMILES string of the molecule is O=P1([O-])OP(=O)([O-])OP(=O)([O-])OP(=O)([O-])OP(=O)([O-])OP(=O)([O-])O1.[H-].[H-].[H-].[Mg+2].[Mg+2].[Mg+2].[Na+].[Na+].[Na+]. The van der Waals surface area contributed by atoms with E-state index in [0.29, 0.717) is 0 Å². The van der Waals surface area contributed by atoms with Crippen LogP contribution in [0, 0.1) is 0 Å². The zero-order valence-electron chi connectivity index (χ0n) is 18.2. The molecular formula is H3Mg3Na3O18P6. The molecule has 1 saturated heterocycles. The fraction of sp³-hybridized carbons (Fsp3) is 0. The quantitative estimate of drug-likeness (QED) is 0.180. The summed E-state index contributed by atoms with van der Waals surface area (Å²) in [6.07, 6.45) is 0. The van der Waals surface area contributed by atoms with E-state index in [9.17, 15) is 56.8 Å². The molecular weight excluding hydrogens is 616 g/mol. The maximum atomic E-state index is 11.0. The van der Waals surface area contributed by atoms with Gasteiger partial charge in [0.2, 0.25) is 0 Å². The summed E-state index contributed by atoms with van der Waals surface area (Å²) in [6, 6.07) is 0. The average molecular weight is 619 g/mol. The topological polar surface area (TPSA) is 296 Å². The van der Waals surface area contributed by atoms with Crippen LogP contribution < -0.4 is 118 Å². The van der Waals surface area contributed by atoms with Crippen molar-refractivity contribution in [3.8, 4) is 0 Å². The van der Waals surface area contributed by atoms with E-state index in [4.69, 9.17) is 0 Å². The van der Waals surface area contributed by atoms with Gasteiger partial charge in [-0.25, -0.2) is 25.9 Å². The molecule has 0 aromatic carbocycles. The molecule has 1 fully saturated rings. The summed E-state index contributed by atoms with van der Waals surface area (Å²) >= 11 is 0. The molecule has 30 heteroatoms. The standard InChI is InChI=1S/3Mg.3Na.H6O18P6.3H/c;;;;;;1-19(2)13-20(3,4)15-22(7,8)17-24(11,12)18-23(9,10)16-21(5,6)14-19;;;/h;;;;;;(H,1,2)(H,3,4)(H,5,6)(H,7,8)(H,9,10)(H,11,12);;;/q3*+2;3*+1;;3*-1/p-6.